The lowest BCUT2D eigenvalue weighted by Crippen LogP contribution is -2.30. The average Bonchev–Trinajstić information content (AvgIpc) is 3.66. The molecule has 3 aromatic carbocycles. The summed E-state index contributed by atoms with van der Waals surface area (Å²) in [5.74, 6) is 0.0874. The van der Waals surface area contributed by atoms with Gasteiger partial charge in [-0.2, -0.15) is 0 Å². The summed E-state index contributed by atoms with van der Waals surface area (Å²) in [6.45, 7) is 1.82. The Labute approximate surface area is 250 Å². The second-order valence-corrected chi connectivity index (χ2v) is 11.1. The van der Waals surface area contributed by atoms with Crippen molar-refractivity contribution in [3.05, 3.63) is 119 Å². The summed E-state index contributed by atoms with van der Waals surface area (Å²) in [5, 5.41) is 17.3. The normalized spacial score (nSPS) is 11.1. The zero-order valence-corrected chi connectivity index (χ0v) is 24.0. The van der Waals surface area contributed by atoms with Crippen molar-refractivity contribution < 1.29 is 18.8 Å². The monoisotopic (exact) mass is 595 g/mol. The molecule has 0 radical (unpaired) electrons. The summed E-state index contributed by atoms with van der Waals surface area (Å²) in [7, 11) is 0. The van der Waals surface area contributed by atoms with Gasteiger partial charge in [0.2, 0.25) is 11.0 Å². The van der Waals surface area contributed by atoms with Crippen molar-refractivity contribution in [2.45, 2.75) is 11.8 Å². The molecule has 11 heteroatoms. The summed E-state index contributed by atoms with van der Waals surface area (Å²) < 4.78 is 5.94. The van der Waals surface area contributed by atoms with Gasteiger partial charge in [-0.15, -0.1) is 22.0 Å². The molecule has 42 heavy (non-hydrogen) atoms. The Morgan fingerprint density at radius 3 is 2.26 bits per heavy atom. The Bertz CT molecular complexity index is 1720. The Hall–Kier alpha value is -5.00. The molecule has 0 bridgehead atoms. The maximum absolute atomic E-state index is 13.3. The molecule has 3 amide bonds. The molecule has 0 atom stereocenters. The van der Waals surface area contributed by atoms with Crippen LogP contribution < -0.4 is 16.0 Å². The van der Waals surface area contributed by atoms with E-state index in [1.807, 2.05) is 43.3 Å². The molecule has 2 heterocycles. The van der Waals surface area contributed by atoms with Crippen LogP contribution in [-0.2, 0) is 9.59 Å². The first kappa shape index (κ1) is 28.5. The van der Waals surface area contributed by atoms with Crippen LogP contribution in [0.2, 0.25) is 0 Å². The molecular weight excluding hydrogens is 571 g/mol. The zero-order valence-electron chi connectivity index (χ0n) is 22.4. The minimum absolute atomic E-state index is 0.0138. The van der Waals surface area contributed by atoms with Crippen LogP contribution in [0, 0.1) is 6.92 Å². The van der Waals surface area contributed by atoms with Crippen LogP contribution in [0.1, 0.15) is 21.1 Å². The zero-order chi connectivity index (χ0) is 29.3. The first-order chi connectivity index (χ1) is 20.4. The Balaban J connectivity index is 1.27. The number of hydrogen-bond donors (Lipinski definition) is 3. The van der Waals surface area contributed by atoms with Crippen molar-refractivity contribution in [2.75, 3.05) is 16.4 Å². The molecule has 0 aliphatic rings. The molecule has 0 fully saturated rings. The van der Waals surface area contributed by atoms with Crippen LogP contribution in [0.25, 0.3) is 17.4 Å². The maximum Gasteiger partial charge on any atom is 0.272 e. The number of carbonyl (C=O) groups is 3. The first-order valence-electron chi connectivity index (χ1n) is 12.8. The van der Waals surface area contributed by atoms with Crippen molar-refractivity contribution in [1.82, 2.24) is 15.5 Å². The van der Waals surface area contributed by atoms with E-state index < -0.39 is 11.8 Å². The van der Waals surface area contributed by atoms with Crippen molar-refractivity contribution in [3.8, 4) is 11.3 Å². The molecule has 5 aromatic rings. The fraction of sp³-hybridized carbons (Fsp3) is 0.0645. The number of benzene rings is 3. The number of amides is 3. The number of aryl methyl sites for hydroxylation is 1. The van der Waals surface area contributed by atoms with Crippen LogP contribution in [0.5, 0.6) is 0 Å². The average molecular weight is 596 g/mol. The highest BCUT2D eigenvalue weighted by Gasteiger charge is 2.16. The number of thioether (sulfide) groups is 1. The van der Waals surface area contributed by atoms with E-state index in [-0.39, 0.29) is 17.4 Å². The summed E-state index contributed by atoms with van der Waals surface area (Å²) in [6, 6.07) is 28.8. The minimum Gasteiger partial charge on any atom is -0.457 e. The van der Waals surface area contributed by atoms with Crippen LogP contribution in [0.4, 0.5) is 10.8 Å². The van der Waals surface area contributed by atoms with E-state index in [1.54, 1.807) is 60.7 Å². The van der Waals surface area contributed by atoms with Gasteiger partial charge in [-0.25, -0.2) is 0 Å². The molecule has 0 saturated heterocycles. The Morgan fingerprint density at radius 2 is 1.57 bits per heavy atom. The third-order valence-corrected chi connectivity index (χ3v) is 7.52. The van der Waals surface area contributed by atoms with E-state index in [0.717, 1.165) is 15.5 Å². The molecular formula is C31H25N5O4S2. The van der Waals surface area contributed by atoms with Crippen molar-refractivity contribution in [2.24, 2.45) is 0 Å². The Morgan fingerprint density at radius 1 is 0.857 bits per heavy atom. The summed E-state index contributed by atoms with van der Waals surface area (Å²) >= 11 is 2.66. The Kier molecular flexibility index (Phi) is 9.22. The van der Waals surface area contributed by atoms with Gasteiger partial charge < -0.3 is 15.1 Å². The fourth-order valence-electron chi connectivity index (χ4n) is 3.76. The van der Waals surface area contributed by atoms with E-state index in [2.05, 4.69) is 26.1 Å². The smallest absolute Gasteiger partial charge is 0.272 e. The molecule has 0 unspecified atom stereocenters. The van der Waals surface area contributed by atoms with Gasteiger partial charge in [-0.1, -0.05) is 59.9 Å². The van der Waals surface area contributed by atoms with Crippen LogP contribution in [-0.4, -0.2) is 33.7 Å². The summed E-state index contributed by atoms with van der Waals surface area (Å²) in [4.78, 5) is 39.3. The highest BCUT2D eigenvalue weighted by Crippen LogP contribution is 2.24. The fourth-order valence-corrected chi connectivity index (χ4v) is 5.06. The maximum atomic E-state index is 13.3. The number of furan rings is 1. The number of hydrogen-bond acceptors (Lipinski definition) is 8. The highest BCUT2D eigenvalue weighted by molar-refractivity contribution is 8.00. The standard InChI is InChI=1S/C31H25N5O4S2/c1-20-35-36-31(42-20)34-28(37)19-41-25-15-12-23(13-16-25)32-30(39)26(33-29(38)22-10-6-3-7-11-22)18-24-14-17-27(40-24)21-8-4-2-5-9-21/h2-18H,19H2,1H3,(H,32,39)(H,33,38)(H,34,36,37)/b26-18+. The van der Waals surface area contributed by atoms with Gasteiger partial charge in [-0.05, 0) is 55.5 Å². The van der Waals surface area contributed by atoms with E-state index >= 15 is 0 Å². The van der Waals surface area contributed by atoms with Gasteiger partial charge in [0.15, 0.2) is 0 Å². The topological polar surface area (TPSA) is 126 Å². The lowest BCUT2D eigenvalue weighted by molar-refractivity contribution is -0.114. The summed E-state index contributed by atoms with van der Waals surface area (Å²) in [5.41, 5.74) is 1.83. The molecule has 2 aromatic heterocycles. The van der Waals surface area contributed by atoms with E-state index in [1.165, 1.54) is 29.2 Å². The number of aromatic nitrogens is 2. The molecule has 210 valence electrons. The predicted octanol–water partition coefficient (Wildman–Crippen LogP) is 6.25. The van der Waals surface area contributed by atoms with Gasteiger partial charge in [0.05, 0.1) is 5.75 Å². The van der Waals surface area contributed by atoms with Crippen LogP contribution >= 0.6 is 23.1 Å². The number of nitrogens with one attached hydrogen (secondary N) is 3. The summed E-state index contributed by atoms with van der Waals surface area (Å²) in [6.07, 6.45) is 1.49. The lowest BCUT2D eigenvalue weighted by atomic mass is 10.2. The molecule has 3 N–H and O–H groups in total. The third kappa shape index (κ3) is 7.80. The van der Waals surface area contributed by atoms with Gasteiger partial charge in [0, 0.05) is 27.8 Å². The van der Waals surface area contributed by atoms with E-state index in [4.69, 9.17) is 4.42 Å². The molecule has 5 rings (SSSR count). The lowest BCUT2D eigenvalue weighted by Gasteiger charge is -2.11. The van der Waals surface area contributed by atoms with Crippen molar-refractivity contribution >= 4 is 57.7 Å². The molecule has 0 spiro atoms. The highest BCUT2D eigenvalue weighted by atomic mass is 32.2. The number of anilines is 2. The number of rotatable bonds is 10. The van der Waals surface area contributed by atoms with Crippen molar-refractivity contribution in [3.63, 3.8) is 0 Å². The van der Waals surface area contributed by atoms with E-state index in [0.29, 0.717) is 27.9 Å². The minimum atomic E-state index is -0.524. The van der Waals surface area contributed by atoms with Gasteiger partial charge in [0.25, 0.3) is 11.8 Å². The number of carbonyl (C=O) groups excluding carboxylic acids is 3. The van der Waals surface area contributed by atoms with Crippen LogP contribution in [0.3, 0.4) is 0 Å². The predicted molar refractivity (Wildman–Crippen MR) is 165 cm³/mol. The quantitative estimate of drug-likeness (QED) is 0.129. The second kappa shape index (κ2) is 13.6. The third-order valence-electron chi connectivity index (χ3n) is 5.75. The largest absolute Gasteiger partial charge is 0.457 e. The van der Waals surface area contributed by atoms with Gasteiger partial charge >= 0.3 is 0 Å². The van der Waals surface area contributed by atoms with Crippen LogP contribution in [0.15, 0.2) is 112 Å². The molecule has 0 saturated carbocycles. The van der Waals surface area contributed by atoms with Gasteiger partial charge in [0.1, 0.15) is 22.2 Å². The molecule has 0 aliphatic carbocycles. The number of nitrogens with zero attached hydrogens (tertiary/aromatic N) is 2. The first-order valence-corrected chi connectivity index (χ1v) is 14.6. The molecule has 9 nitrogen and oxygen atoms in total. The second-order valence-electron chi connectivity index (χ2n) is 8.89. The van der Waals surface area contributed by atoms with Crippen molar-refractivity contribution in [1.29, 1.82) is 0 Å². The molecule has 0 aliphatic heterocycles. The van der Waals surface area contributed by atoms with Gasteiger partial charge in [-0.3, -0.25) is 19.7 Å². The SMILES string of the molecule is Cc1nnc(NC(=O)CSc2ccc(NC(=O)/C(=C\c3ccc(-c4ccccc4)o3)NC(=O)c3ccccc3)cc2)s1. The van der Waals surface area contributed by atoms with E-state index in [9.17, 15) is 14.4 Å².